The van der Waals surface area contributed by atoms with E-state index in [4.69, 9.17) is 4.74 Å². The Labute approximate surface area is 240 Å². The van der Waals surface area contributed by atoms with Crippen molar-refractivity contribution < 1.29 is 27.8 Å². The van der Waals surface area contributed by atoms with Gasteiger partial charge in [-0.2, -0.15) is 18.3 Å². The first-order valence-corrected chi connectivity index (χ1v) is 13.6. The van der Waals surface area contributed by atoms with Crippen LogP contribution in [0, 0.1) is 0 Å². The Hall–Kier alpha value is -4.51. The Kier molecular flexibility index (Phi) is 8.67. The summed E-state index contributed by atoms with van der Waals surface area (Å²) < 4.78 is 45.6. The van der Waals surface area contributed by atoms with Gasteiger partial charge in [0.25, 0.3) is 5.91 Å². The summed E-state index contributed by atoms with van der Waals surface area (Å²) in [5, 5.41) is 17.0. The Morgan fingerprint density at radius 3 is 2.57 bits per heavy atom. The lowest BCUT2D eigenvalue weighted by molar-refractivity contribution is -0.137. The molecule has 1 unspecified atom stereocenters. The molecule has 1 aromatic carbocycles. The number of aromatic nitrogens is 4. The molecule has 0 saturated heterocycles. The van der Waals surface area contributed by atoms with Gasteiger partial charge in [0.05, 0.1) is 29.5 Å². The Morgan fingerprint density at radius 2 is 1.90 bits per heavy atom. The summed E-state index contributed by atoms with van der Waals surface area (Å²) >= 11 is 0. The highest BCUT2D eigenvalue weighted by molar-refractivity contribution is 5.94. The molecule has 0 aliphatic heterocycles. The number of aliphatic hydroxyl groups excluding tert-OH is 1. The van der Waals surface area contributed by atoms with Crippen LogP contribution in [-0.2, 0) is 12.7 Å². The minimum Gasteiger partial charge on any atom is -0.439 e. The molecular weight excluding hydrogens is 547 g/mol. The smallest absolute Gasteiger partial charge is 0.417 e. The first kappa shape index (κ1) is 29.0. The number of alkyl halides is 3. The molecule has 11 heteroatoms. The number of carbonyl (C=O) groups is 1. The van der Waals surface area contributed by atoms with Crippen LogP contribution in [-0.4, -0.2) is 42.9 Å². The molecule has 0 bridgehead atoms. The maximum atomic E-state index is 12.8. The Bertz CT molecular complexity index is 1540. The predicted octanol–water partition coefficient (Wildman–Crippen LogP) is 6.29. The number of allylic oxidation sites excluding steroid dienone is 1. The van der Waals surface area contributed by atoms with E-state index >= 15 is 0 Å². The molecule has 1 fully saturated rings. The van der Waals surface area contributed by atoms with Crippen LogP contribution in [0.25, 0.3) is 17.5 Å². The van der Waals surface area contributed by atoms with Gasteiger partial charge in [0.15, 0.2) is 0 Å². The Balaban J connectivity index is 1.12. The second-order valence-electron chi connectivity index (χ2n) is 10.3. The van der Waals surface area contributed by atoms with Crippen molar-refractivity contribution in [2.75, 3.05) is 0 Å². The molecule has 0 spiro atoms. The summed E-state index contributed by atoms with van der Waals surface area (Å²) in [4.78, 5) is 21.0. The van der Waals surface area contributed by atoms with Crippen molar-refractivity contribution in [3.63, 3.8) is 0 Å². The lowest BCUT2D eigenvalue weighted by Gasteiger charge is -2.25. The molecule has 1 aliphatic rings. The summed E-state index contributed by atoms with van der Waals surface area (Å²) in [6.45, 7) is 2.09. The topological polar surface area (TPSA) is 102 Å². The van der Waals surface area contributed by atoms with Crippen molar-refractivity contribution in [1.29, 1.82) is 0 Å². The minimum atomic E-state index is -4.45. The summed E-state index contributed by atoms with van der Waals surface area (Å²) in [5.74, 6) is 0.385. The van der Waals surface area contributed by atoms with E-state index in [9.17, 15) is 23.1 Å². The van der Waals surface area contributed by atoms with E-state index < -0.39 is 17.8 Å². The van der Waals surface area contributed by atoms with E-state index in [0.29, 0.717) is 29.2 Å². The summed E-state index contributed by atoms with van der Waals surface area (Å²) in [5.41, 5.74) is 3.12. The zero-order valence-corrected chi connectivity index (χ0v) is 22.9. The number of rotatable bonds is 8. The molecule has 8 nitrogen and oxygen atoms in total. The van der Waals surface area contributed by atoms with Gasteiger partial charge in [-0.25, -0.2) is 4.98 Å². The number of hydrogen-bond acceptors (Lipinski definition) is 6. The number of hydrogen-bond donors (Lipinski definition) is 2. The fourth-order valence-electron chi connectivity index (χ4n) is 4.73. The molecule has 1 atom stereocenters. The molecule has 218 valence electrons. The average Bonchev–Trinajstić information content (AvgIpc) is 3.42. The molecule has 1 aliphatic carbocycles. The van der Waals surface area contributed by atoms with Crippen molar-refractivity contribution in [2.24, 2.45) is 0 Å². The number of nitrogens with zero attached hydrogens (tertiary/aromatic N) is 4. The van der Waals surface area contributed by atoms with Gasteiger partial charge in [0.1, 0.15) is 11.4 Å². The van der Waals surface area contributed by atoms with Gasteiger partial charge >= 0.3 is 6.18 Å². The van der Waals surface area contributed by atoms with E-state index in [-0.39, 0.29) is 17.8 Å². The van der Waals surface area contributed by atoms with Crippen molar-refractivity contribution in [2.45, 2.75) is 57.5 Å². The van der Waals surface area contributed by atoms with Gasteiger partial charge in [0, 0.05) is 30.7 Å². The monoisotopic (exact) mass is 577 g/mol. The van der Waals surface area contributed by atoms with Gasteiger partial charge in [-0.05, 0) is 74.6 Å². The second-order valence-corrected chi connectivity index (χ2v) is 10.3. The van der Waals surface area contributed by atoms with E-state index in [1.165, 1.54) is 11.6 Å². The molecule has 2 N–H and O–H groups in total. The maximum absolute atomic E-state index is 12.8. The number of aliphatic hydroxyl groups is 1. The predicted molar refractivity (Wildman–Crippen MR) is 151 cm³/mol. The van der Waals surface area contributed by atoms with Crippen LogP contribution >= 0.6 is 0 Å². The van der Waals surface area contributed by atoms with Crippen LogP contribution in [0.3, 0.4) is 0 Å². The van der Waals surface area contributed by atoms with Gasteiger partial charge in [-0.1, -0.05) is 23.8 Å². The molecule has 0 radical (unpaired) electrons. The highest BCUT2D eigenvalue weighted by atomic mass is 19.4. The second kappa shape index (κ2) is 12.6. The normalized spacial score (nSPS) is 16.1. The van der Waals surface area contributed by atoms with Crippen molar-refractivity contribution >= 4 is 12.0 Å². The van der Waals surface area contributed by atoms with E-state index in [1.54, 1.807) is 42.2 Å². The summed E-state index contributed by atoms with van der Waals surface area (Å²) in [6.07, 6.45) is 4.45. The van der Waals surface area contributed by atoms with Gasteiger partial charge in [-0.15, -0.1) is 0 Å². The quantitative estimate of drug-likeness (QED) is 0.255. The lowest BCUT2D eigenvalue weighted by atomic mass is 9.89. The molecule has 1 amide bonds. The van der Waals surface area contributed by atoms with Crippen LogP contribution in [0.5, 0.6) is 11.6 Å². The van der Waals surface area contributed by atoms with E-state index in [1.807, 2.05) is 24.3 Å². The van der Waals surface area contributed by atoms with Crippen LogP contribution in [0.15, 0.2) is 78.8 Å². The molecule has 5 rings (SSSR count). The van der Waals surface area contributed by atoms with Crippen LogP contribution in [0.2, 0.25) is 0 Å². The molecule has 3 heterocycles. The SMILES string of the molecule is CC(O)Cn1ccc(-c2ccc(C(=O)NC3CCC(=Cc4cccc(Oc5ccc(C(F)(F)F)cn5)c4)CC3)cn2)n1. The van der Waals surface area contributed by atoms with Gasteiger partial charge in [-0.3, -0.25) is 14.5 Å². The molecule has 4 aromatic rings. The van der Waals surface area contributed by atoms with Crippen LogP contribution in [0.1, 0.15) is 54.1 Å². The van der Waals surface area contributed by atoms with Crippen molar-refractivity contribution in [1.82, 2.24) is 25.1 Å². The number of ether oxygens (including phenoxy) is 1. The third-order valence-corrected chi connectivity index (χ3v) is 6.86. The zero-order chi connectivity index (χ0) is 29.7. The van der Waals surface area contributed by atoms with E-state index in [2.05, 4.69) is 26.5 Å². The standard InChI is InChI=1S/C31H30F3N5O3/c1-20(40)19-39-14-13-28(38-39)27-11-7-23(17-35-27)30(41)37-25-9-5-21(6-10-25)15-22-3-2-4-26(16-22)42-29-12-8-24(18-36-29)31(32,33)34/h2-4,7-8,11-18,20,25,40H,5-6,9-10,19H2,1H3,(H,37,41). The molecular formula is C31H30F3N5O3. The number of pyridine rings is 2. The third-order valence-electron chi connectivity index (χ3n) is 6.86. The fourth-order valence-corrected chi connectivity index (χ4v) is 4.73. The fraction of sp³-hybridized carbons (Fsp3) is 0.290. The van der Waals surface area contributed by atoms with Crippen LogP contribution in [0.4, 0.5) is 13.2 Å². The number of nitrogens with one attached hydrogen (secondary N) is 1. The van der Waals surface area contributed by atoms with Crippen molar-refractivity contribution in [3.8, 4) is 23.0 Å². The first-order chi connectivity index (χ1) is 20.1. The van der Waals surface area contributed by atoms with Gasteiger partial charge in [0.2, 0.25) is 5.88 Å². The summed E-state index contributed by atoms with van der Waals surface area (Å²) in [7, 11) is 0. The minimum absolute atomic E-state index is 0.0471. The number of halogens is 3. The van der Waals surface area contributed by atoms with Crippen LogP contribution < -0.4 is 10.1 Å². The molecule has 3 aromatic heterocycles. The largest absolute Gasteiger partial charge is 0.439 e. The maximum Gasteiger partial charge on any atom is 0.417 e. The highest BCUT2D eigenvalue weighted by Gasteiger charge is 2.30. The first-order valence-electron chi connectivity index (χ1n) is 13.6. The Morgan fingerprint density at radius 1 is 1.10 bits per heavy atom. The molecule has 42 heavy (non-hydrogen) atoms. The zero-order valence-electron chi connectivity index (χ0n) is 22.9. The third kappa shape index (κ3) is 7.61. The number of benzene rings is 1. The van der Waals surface area contributed by atoms with E-state index in [0.717, 1.165) is 43.5 Å². The highest BCUT2D eigenvalue weighted by Crippen LogP contribution is 2.31. The number of amides is 1. The molecule has 1 saturated carbocycles. The number of carbonyl (C=O) groups excluding carboxylic acids is 1. The lowest BCUT2D eigenvalue weighted by Crippen LogP contribution is -2.36. The van der Waals surface area contributed by atoms with Crippen molar-refractivity contribution in [3.05, 3.63) is 95.5 Å². The summed E-state index contributed by atoms with van der Waals surface area (Å²) in [6, 6.07) is 14.8. The average molecular weight is 578 g/mol. The van der Waals surface area contributed by atoms with Gasteiger partial charge < -0.3 is 15.2 Å².